The fraction of sp³-hybridized carbons (Fsp3) is 0.217. The van der Waals surface area contributed by atoms with E-state index in [1.165, 1.54) is 11.8 Å². The lowest BCUT2D eigenvalue weighted by atomic mass is 10.1. The summed E-state index contributed by atoms with van der Waals surface area (Å²) in [5.41, 5.74) is 3.17. The Morgan fingerprint density at radius 3 is 2.52 bits per heavy atom. The predicted octanol–water partition coefficient (Wildman–Crippen LogP) is 5.09. The largest absolute Gasteiger partial charge is 0.493 e. The van der Waals surface area contributed by atoms with E-state index in [4.69, 9.17) is 21.7 Å². The van der Waals surface area contributed by atoms with Gasteiger partial charge in [-0.1, -0.05) is 66.5 Å². The number of hydrogen-bond donors (Lipinski definition) is 0. The molecule has 0 atom stereocenters. The third kappa shape index (κ3) is 5.28. The van der Waals surface area contributed by atoms with Gasteiger partial charge in [-0.15, -0.1) is 0 Å². The van der Waals surface area contributed by atoms with Crippen molar-refractivity contribution in [1.29, 1.82) is 0 Å². The van der Waals surface area contributed by atoms with Crippen LogP contribution < -0.4 is 9.47 Å². The first-order chi connectivity index (χ1) is 14.0. The highest BCUT2D eigenvalue weighted by molar-refractivity contribution is 8.26. The van der Waals surface area contributed by atoms with Crippen LogP contribution in [0.1, 0.15) is 18.1 Å². The molecule has 0 bridgehead atoms. The Labute approximate surface area is 181 Å². The minimum Gasteiger partial charge on any atom is -0.493 e. The molecule has 0 aliphatic carbocycles. The van der Waals surface area contributed by atoms with Crippen LogP contribution in [0, 0.1) is 0 Å². The van der Waals surface area contributed by atoms with Crippen molar-refractivity contribution in [2.24, 2.45) is 0 Å². The molecule has 3 rings (SSSR count). The molecule has 1 fully saturated rings. The van der Waals surface area contributed by atoms with Gasteiger partial charge in [0, 0.05) is 6.54 Å². The molecule has 0 saturated carbocycles. The summed E-state index contributed by atoms with van der Waals surface area (Å²) in [6, 6.07) is 15.8. The van der Waals surface area contributed by atoms with Gasteiger partial charge in [-0.3, -0.25) is 9.69 Å². The average Bonchev–Trinajstić information content (AvgIpc) is 2.99. The monoisotopic (exact) mass is 425 g/mol. The van der Waals surface area contributed by atoms with E-state index < -0.39 is 0 Å². The van der Waals surface area contributed by atoms with Gasteiger partial charge in [-0.05, 0) is 48.3 Å². The number of benzene rings is 2. The van der Waals surface area contributed by atoms with Gasteiger partial charge < -0.3 is 9.47 Å². The van der Waals surface area contributed by atoms with Gasteiger partial charge in [-0.2, -0.15) is 0 Å². The van der Waals surface area contributed by atoms with Crippen LogP contribution >= 0.6 is 24.0 Å². The molecule has 0 aromatic heterocycles. The zero-order valence-electron chi connectivity index (χ0n) is 16.7. The summed E-state index contributed by atoms with van der Waals surface area (Å²) in [5.74, 6) is 1.32. The van der Waals surface area contributed by atoms with Crippen molar-refractivity contribution in [3.63, 3.8) is 0 Å². The molecule has 0 spiro atoms. The van der Waals surface area contributed by atoms with Gasteiger partial charge >= 0.3 is 0 Å². The van der Waals surface area contributed by atoms with Gasteiger partial charge in [0.05, 0.1) is 19.1 Å². The summed E-state index contributed by atoms with van der Waals surface area (Å²) in [6.07, 6.45) is 4.64. The Bertz CT molecular complexity index is 967. The van der Waals surface area contributed by atoms with Crippen LogP contribution in [0.3, 0.4) is 0 Å². The van der Waals surface area contributed by atoms with E-state index in [1.54, 1.807) is 19.1 Å². The first-order valence-corrected chi connectivity index (χ1v) is 10.4. The number of amides is 1. The SMILES string of the molecule is COc1ccc(CCN2C(=O)/C(=C/C(C)=C/c3ccccc3)SC2=S)cc1OC. The third-order valence-corrected chi connectivity index (χ3v) is 5.88. The summed E-state index contributed by atoms with van der Waals surface area (Å²) < 4.78 is 11.2. The van der Waals surface area contributed by atoms with E-state index >= 15 is 0 Å². The Morgan fingerprint density at radius 1 is 1.10 bits per heavy atom. The molecular weight excluding hydrogens is 402 g/mol. The van der Waals surface area contributed by atoms with Gasteiger partial charge in [0.1, 0.15) is 4.32 Å². The maximum atomic E-state index is 12.8. The molecular formula is C23H23NO3S2. The van der Waals surface area contributed by atoms with Crippen molar-refractivity contribution in [2.75, 3.05) is 20.8 Å². The second-order valence-corrected chi connectivity index (χ2v) is 8.25. The smallest absolute Gasteiger partial charge is 0.266 e. The van der Waals surface area contributed by atoms with Crippen LogP contribution in [0.15, 0.2) is 65.1 Å². The fourth-order valence-corrected chi connectivity index (χ4v) is 4.39. The highest BCUT2D eigenvalue weighted by atomic mass is 32.2. The van der Waals surface area contributed by atoms with Crippen LogP contribution in [-0.2, 0) is 11.2 Å². The summed E-state index contributed by atoms with van der Waals surface area (Å²) in [4.78, 5) is 15.2. The van der Waals surface area contributed by atoms with E-state index in [0.717, 1.165) is 16.7 Å². The third-order valence-electron chi connectivity index (χ3n) is 4.50. The highest BCUT2D eigenvalue weighted by Gasteiger charge is 2.31. The van der Waals surface area contributed by atoms with E-state index in [-0.39, 0.29) is 5.91 Å². The van der Waals surface area contributed by atoms with E-state index in [9.17, 15) is 4.79 Å². The first kappa shape index (κ1) is 21.1. The highest BCUT2D eigenvalue weighted by Crippen LogP contribution is 2.33. The molecule has 0 unspecified atom stereocenters. The number of nitrogens with zero attached hydrogens (tertiary/aromatic N) is 1. The molecule has 1 aliphatic rings. The second kappa shape index (κ2) is 9.76. The lowest BCUT2D eigenvalue weighted by molar-refractivity contribution is -0.122. The Kier molecular flexibility index (Phi) is 7.12. The standard InChI is InChI=1S/C23H23NO3S2/c1-16(13-17-7-5-4-6-8-17)14-21-22(25)24(23(28)29-21)12-11-18-9-10-19(26-2)20(15-18)27-3/h4-10,13-15H,11-12H2,1-3H3/b16-13+,21-14-. The summed E-state index contributed by atoms with van der Waals surface area (Å²) >= 11 is 6.80. The predicted molar refractivity (Wildman–Crippen MR) is 123 cm³/mol. The number of thioether (sulfide) groups is 1. The van der Waals surface area contributed by atoms with Crippen LogP contribution in [0.4, 0.5) is 0 Å². The normalized spacial score (nSPS) is 15.9. The summed E-state index contributed by atoms with van der Waals surface area (Å²) in [7, 11) is 3.22. The molecule has 29 heavy (non-hydrogen) atoms. The summed E-state index contributed by atoms with van der Waals surface area (Å²) in [6.45, 7) is 2.52. The van der Waals surface area contributed by atoms with Gasteiger partial charge in [0.15, 0.2) is 11.5 Å². The van der Waals surface area contributed by atoms with Crippen molar-refractivity contribution in [1.82, 2.24) is 4.90 Å². The number of carbonyl (C=O) groups excluding carboxylic acids is 1. The number of ether oxygens (including phenoxy) is 2. The zero-order chi connectivity index (χ0) is 20.8. The maximum Gasteiger partial charge on any atom is 0.266 e. The number of thiocarbonyl (C=S) groups is 1. The minimum atomic E-state index is -0.0405. The first-order valence-electron chi connectivity index (χ1n) is 9.21. The Balaban J connectivity index is 1.68. The lowest BCUT2D eigenvalue weighted by Crippen LogP contribution is -2.30. The molecule has 1 amide bonds. The molecule has 1 heterocycles. The molecule has 2 aromatic carbocycles. The van der Waals surface area contributed by atoms with Crippen molar-refractivity contribution in [3.8, 4) is 11.5 Å². The molecule has 2 aromatic rings. The maximum absolute atomic E-state index is 12.8. The molecule has 0 radical (unpaired) electrons. The topological polar surface area (TPSA) is 38.8 Å². The van der Waals surface area contributed by atoms with Gasteiger partial charge in [0.2, 0.25) is 0 Å². The van der Waals surface area contributed by atoms with Crippen LogP contribution in [0.25, 0.3) is 6.08 Å². The quantitative estimate of drug-likeness (QED) is 0.456. The van der Waals surface area contributed by atoms with Gasteiger partial charge in [-0.25, -0.2) is 0 Å². The molecule has 0 N–H and O–H groups in total. The molecule has 1 aliphatic heterocycles. The summed E-state index contributed by atoms with van der Waals surface area (Å²) in [5, 5.41) is 0. The number of carbonyl (C=O) groups is 1. The fourth-order valence-electron chi connectivity index (χ4n) is 3.03. The molecule has 1 saturated heterocycles. The number of hydrogen-bond acceptors (Lipinski definition) is 5. The Hall–Kier alpha value is -2.57. The van der Waals surface area contributed by atoms with E-state index in [1.807, 2.05) is 61.5 Å². The van der Waals surface area contributed by atoms with Crippen LogP contribution in [-0.4, -0.2) is 35.9 Å². The molecule has 150 valence electrons. The van der Waals surface area contributed by atoms with Crippen molar-refractivity contribution >= 4 is 40.3 Å². The average molecular weight is 426 g/mol. The van der Waals surface area contributed by atoms with E-state index in [0.29, 0.717) is 33.7 Å². The second-order valence-electron chi connectivity index (χ2n) is 6.57. The lowest BCUT2D eigenvalue weighted by Gasteiger charge is -2.15. The van der Waals surface area contributed by atoms with Crippen molar-refractivity contribution in [3.05, 3.63) is 76.2 Å². The number of methoxy groups -OCH3 is 2. The van der Waals surface area contributed by atoms with Gasteiger partial charge in [0.25, 0.3) is 5.91 Å². The molecule has 6 heteroatoms. The van der Waals surface area contributed by atoms with E-state index in [2.05, 4.69) is 6.08 Å². The zero-order valence-corrected chi connectivity index (χ0v) is 18.3. The minimum absolute atomic E-state index is 0.0405. The number of rotatable bonds is 7. The van der Waals surface area contributed by atoms with Crippen LogP contribution in [0.2, 0.25) is 0 Å². The Morgan fingerprint density at radius 2 is 1.83 bits per heavy atom. The van der Waals surface area contributed by atoms with Crippen molar-refractivity contribution < 1.29 is 14.3 Å². The van der Waals surface area contributed by atoms with Crippen molar-refractivity contribution in [2.45, 2.75) is 13.3 Å². The molecule has 4 nitrogen and oxygen atoms in total. The van der Waals surface area contributed by atoms with Crippen LogP contribution in [0.5, 0.6) is 11.5 Å². The number of allylic oxidation sites excluding steroid dienone is 2.